The van der Waals surface area contributed by atoms with Crippen LogP contribution in [0.2, 0.25) is 0 Å². The second-order valence-corrected chi connectivity index (χ2v) is 4.44. The first-order valence-corrected chi connectivity index (χ1v) is 6.18. The number of thioether (sulfide) groups is 1. The Labute approximate surface area is 98.5 Å². The Hall–Kier alpha value is -1.23. The Morgan fingerprint density at radius 2 is 2.31 bits per heavy atom. The molecule has 5 heteroatoms. The Morgan fingerprint density at radius 3 is 2.94 bits per heavy atom. The summed E-state index contributed by atoms with van der Waals surface area (Å²) < 4.78 is 13.0. The average Bonchev–Trinajstić information content (AvgIpc) is 2.30. The van der Waals surface area contributed by atoms with E-state index in [1.165, 1.54) is 12.1 Å². The van der Waals surface area contributed by atoms with Gasteiger partial charge in [-0.15, -0.1) is 0 Å². The molecule has 88 valence electrons. The van der Waals surface area contributed by atoms with Gasteiger partial charge in [0.15, 0.2) is 5.84 Å². The number of benzene rings is 1. The summed E-state index contributed by atoms with van der Waals surface area (Å²) in [6, 6.07) is 4.35. The molecule has 0 fully saturated rings. The molecule has 0 radical (unpaired) electrons. The second kappa shape index (κ2) is 6.37. The molecule has 0 aromatic heterocycles. The zero-order valence-corrected chi connectivity index (χ0v) is 9.93. The first-order valence-electron chi connectivity index (χ1n) is 5.03. The van der Waals surface area contributed by atoms with E-state index in [9.17, 15) is 4.39 Å². The van der Waals surface area contributed by atoms with Crippen molar-refractivity contribution in [3.05, 3.63) is 35.1 Å². The van der Waals surface area contributed by atoms with E-state index >= 15 is 0 Å². The quantitative estimate of drug-likeness (QED) is 0.274. The van der Waals surface area contributed by atoms with Crippen LogP contribution in [0.1, 0.15) is 24.5 Å². The molecule has 3 nitrogen and oxygen atoms in total. The molecule has 1 aromatic carbocycles. The van der Waals surface area contributed by atoms with Crippen LogP contribution >= 0.6 is 11.8 Å². The molecular formula is C11H15FN2OS. The van der Waals surface area contributed by atoms with Gasteiger partial charge in [0.25, 0.3) is 0 Å². The van der Waals surface area contributed by atoms with Gasteiger partial charge < -0.3 is 10.9 Å². The summed E-state index contributed by atoms with van der Waals surface area (Å²) in [4.78, 5) is 0. The van der Waals surface area contributed by atoms with Crippen molar-refractivity contribution in [1.29, 1.82) is 0 Å². The highest BCUT2D eigenvalue weighted by molar-refractivity contribution is 7.98. The SMILES string of the molecule is CCCSCc1ccc(F)cc1C(N)=NO. The van der Waals surface area contributed by atoms with E-state index in [0.717, 1.165) is 23.5 Å². The molecule has 1 aromatic rings. The van der Waals surface area contributed by atoms with Gasteiger partial charge in [0.05, 0.1) is 0 Å². The molecule has 0 saturated heterocycles. The smallest absolute Gasteiger partial charge is 0.170 e. The molecule has 0 spiro atoms. The lowest BCUT2D eigenvalue weighted by Crippen LogP contribution is -2.15. The fourth-order valence-electron chi connectivity index (χ4n) is 1.29. The van der Waals surface area contributed by atoms with Crippen LogP contribution in [0.15, 0.2) is 23.4 Å². The van der Waals surface area contributed by atoms with E-state index in [1.54, 1.807) is 17.8 Å². The van der Waals surface area contributed by atoms with E-state index < -0.39 is 0 Å². The molecule has 16 heavy (non-hydrogen) atoms. The van der Waals surface area contributed by atoms with Crippen molar-refractivity contribution >= 4 is 17.6 Å². The molecule has 0 bridgehead atoms. The summed E-state index contributed by atoms with van der Waals surface area (Å²) >= 11 is 1.74. The largest absolute Gasteiger partial charge is 0.409 e. The van der Waals surface area contributed by atoms with Crippen LogP contribution in [0.25, 0.3) is 0 Å². The summed E-state index contributed by atoms with van der Waals surface area (Å²) in [6.07, 6.45) is 1.09. The minimum atomic E-state index is -0.383. The molecule has 0 aliphatic carbocycles. The van der Waals surface area contributed by atoms with Crippen LogP contribution in [0.4, 0.5) is 4.39 Å². The van der Waals surface area contributed by atoms with Crippen molar-refractivity contribution in [2.24, 2.45) is 10.9 Å². The summed E-state index contributed by atoms with van der Waals surface area (Å²) in [7, 11) is 0. The summed E-state index contributed by atoms with van der Waals surface area (Å²) in [5, 5.41) is 11.5. The molecule has 0 aliphatic rings. The summed E-state index contributed by atoms with van der Waals surface area (Å²) in [6.45, 7) is 2.10. The van der Waals surface area contributed by atoms with E-state index in [-0.39, 0.29) is 11.7 Å². The molecule has 0 unspecified atom stereocenters. The number of rotatable bonds is 5. The van der Waals surface area contributed by atoms with Crippen molar-refractivity contribution in [1.82, 2.24) is 0 Å². The van der Waals surface area contributed by atoms with Gasteiger partial charge in [0.1, 0.15) is 5.82 Å². The highest BCUT2D eigenvalue weighted by Crippen LogP contribution is 2.18. The Kier molecular flexibility index (Phi) is 5.11. The minimum Gasteiger partial charge on any atom is -0.409 e. The summed E-state index contributed by atoms with van der Waals surface area (Å²) in [5.41, 5.74) is 6.84. The fraction of sp³-hybridized carbons (Fsp3) is 0.364. The second-order valence-electron chi connectivity index (χ2n) is 3.34. The van der Waals surface area contributed by atoms with Gasteiger partial charge in [-0.3, -0.25) is 0 Å². The van der Waals surface area contributed by atoms with E-state index in [2.05, 4.69) is 12.1 Å². The molecule has 0 aliphatic heterocycles. The number of nitrogens with zero attached hydrogens (tertiary/aromatic N) is 1. The number of hydrogen-bond acceptors (Lipinski definition) is 3. The van der Waals surface area contributed by atoms with Crippen molar-refractivity contribution in [2.45, 2.75) is 19.1 Å². The van der Waals surface area contributed by atoms with Crippen molar-refractivity contribution in [2.75, 3.05) is 5.75 Å². The van der Waals surface area contributed by atoms with Crippen LogP contribution in [-0.4, -0.2) is 16.8 Å². The maximum Gasteiger partial charge on any atom is 0.170 e. The monoisotopic (exact) mass is 242 g/mol. The predicted octanol–water partition coefficient (Wildman–Crippen LogP) is 2.56. The van der Waals surface area contributed by atoms with Crippen LogP contribution in [0.5, 0.6) is 0 Å². The predicted molar refractivity (Wildman–Crippen MR) is 65.4 cm³/mol. The van der Waals surface area contributed by atoms with Gasteiger partial charge >= 0.3 is 0 Å². The lowest BCUT2D eigenvalue weighted by molar-refractivity contribution is 0.318. The van der Waals surface area contributed by atoms with Gasteiger partial charge in [-0.1, -0.05) is 18.1 Å². The van der Waals surface area contributed by atoms with Crippen LogP contribution < -0.4 is 5.73 Å². The van der Waals surface area contributed by atoms with Crippen LogP contribution in [0.3, 0.4) is 0 Å². The Morgan fingerprint density at radius 1 is 1.56 bits per heavy atom. The lowest BCUT2D eigenvalue weighted by Gasteiger charge is -2.07. The average molecular weight is 242 g/mol. The zero-order valence-electron chi connectivity index (χ0n) is 9.11. The number of oxime groups is 1. The normalized spacial score (nSPS) is 11.8. The third-order valence-corrected chi connectivity index (χ3v) is 3.27. The summed E-state index contributed by atoms with van der Waals surface area (Å²) in [5.74, 6) is 1.34. The standard InChI is InChI=1S/C11H15FN2OS/c1-2-5-16-7-8-3-4-9(12)6-10(8)11(13)14-15/h3-4,6,15H,2,5,7H2,1H3,(H2,13,14). The maximum absolute atomic E-state index is 13.0. The lowest BCUT2D eigenvalue weighted by atomic mass is 10.1. The fourth-order valence-corrected chi connectivity index (χ4v) is 2.20. The Bertz CT molecular complexity index is 382. The molecule has 1 rings (SSSR count). The van der Waals surface area contributed by atoms with E-state index in [1.807, 2.05) is 0 Å². The van der Waals surface area contributed by atoms with Gasteiger partial charge in [-0.05, 0) is 29.9 Å². The highest BCUT2D eigenvalue weighted by Gasteiger charge is 2.08. The van der Waals surface area contributed by atoms with Gasteiger partial charge in [-0.2, -0.15) is 11.8 Å². The molecule has 0 saturated carbocycles. The van der Waals surface area contributed by atoms with Gasteiger partial charge in [0.2, 0.25) is 0 Å². The van der Waals surface area contributed by atoms with Gasteiger partial charge in [-0.25, -0.2) is 4.39 Å². The number of amidine groups is 1. The van der Waals surface area contributed by atoms with E-state index in [4.69, 9.17) is 10.9 Å². The number of halogens is 1. The number of nitrogens with two attached hydrogens (primary N) is 1. The Balaban J connectivity index is 2.89. The third kappa shape index (κ3) is 3.41. The topological polar surface area (TPSA) is 58.6 Å². The molecule has 0 heterocycles. The first-order chi connectivity index (χ1) is 7.69. The molecular weight excluding hydrogens is 227 g/mol. The van der Waals surface area contributed by atoms with Crippen LogP contribution in [0, 0.1) is 5.82 Å². The van der Waals surface area contributed by atoms with Gasteiger partial charge in [0, 0.05) is 11.3 Å². The highest BCUT2D eigenvalue weighted by atomic mass is 32.2. The third-order valence-electron chi connectivity index (χ3n) is 2.06. The molecule has 3 N–H and O–H groups in total. The maximum atomic E-state index is 13.0. The number of hydrogen-bond donors (Lipinski definition) is 2. The van der Waals surface area contributed by atoms with Crippen LogP contribution in [-0.2, 0) is 5.75 Å². The molecule has 0 atom stereocenters. The minimum absolute atomic E-state index is 0.0494. The van der Waals surface area contributed by atoms with E-state index in [0.29, 0.717) is 5.56 Å². The van der Waals surface area contributed by atoms with Crippen molar-refractivity contribution in [3.63, 3.8) is 0 Å². The first kappa shape index (κ1) is 12.8. The van der Waals surface area contributed by atoms with Crippen molar-refractivity contribution in [3.8, 4) is 0 Å². The van der Waals surface area contributed by atoms with Crippen molar-refractivity contribution < 1.29 is 9.60 Å². The zero-order chi connectivity index (χ0) is 12.0. The molecule has 0 amide bonds.